The summed E-state index contributed by atoms with van der Waals surface area (Å²) in [7, 11) is 0. The average Bonchev–Trinajstić information content (AvgIpc) is 2.47. The van der Waals surface area contributed by atoms with Gasteiger partial charge in [0, 0.05) is 0 Å². The summed E-state index contributed by atoms with van der Waals surface area (Å²) >= 11 is 0. The van der Waals surface area contributed by atoms with Crippen LogP contribution < -0.4 is 0 Å². The summed E-state index contributed by atoms with van der Waals surface area (Å²) in [4.78, 5) is 0. The number of allylic oxidation sites excluding steroid dienone is 4. The lowest BCUT2D eigenvalue weighted by molar-refractivity contribution is 0.0325. The predicted molar refractivity (Wildman–Crippen MR) is 90.1 cm³/mol. The summed E-state index contributed by atoms with van der Waals surface area (Å²) in [5, 5.41) is 20.2. The Balaban J connectivity index is 2.54. The summed E-state index contributed by atoms with van der Waals surface area (Å²) in [5.41, 5.74) is 2.83. The smallest absolute Gasteiger partial charge is 0.0756 e. The molecule has 1 rings (SSSR count). The molecule has 2 nitrogen and oxygen atoms in total. The molecule has 0 spiro atoms. The molecule has 0 fully saturated rings. The maximum absolute atomic E-state index is 10.1. The highest BCUT2D eigenvalue weighted by molar-refractivity contribution is 5.10. The molecule has 0 aromatic rings. The molecular formula is C19H32O2. The van der Waals surface area contributed by atoms with E-state index in [4.69, 9.17) is 0 Å². The van der Waals surface area contributed by atoms with Crippen molar-refractivity contribution in [2.75, 3.05) is 0 Å². The lowest BCUT2D eigenvalue weighted by atomic mass is 9.76. The van der Waals surface area contributed by atoms with E-state index in [1.165, 1.54) is 11.1 Å². The van der Waals surface area contributed by atoms with E-state index in [-0.39, 0.29) is 11.8 Å². The Morgan fingerprint density at radius 3 is 2.14 bits per heavy atom. The number of hydrogen-bond acceptors (Lipinski definition) is 2. The van der Waals surface area contributed by atoms with Crippen LogP contribution in [0.1, 0.15) is 59.8 Å². The van der Waals surface area contributed by atoms with Crippen molar-refractivity contribution in [1.82, 2.24) is 0 Å². The summed E-state index contributed by atoms with van der Waals surface area (Å²) in [5.74, 6) is 0.300. The highest BCUT2D eigenvalue weighted by Gasteiger charge is 2.32. The third kappa shape index (κ3) is 5.80. The molecule has 4 atom stereocenters. The lowest BCUT2D eigenvalue weighted by Crippen LogP contribution is -2.36. The lowest BCUT2D eigenvalue weighted by Gasteiger charge is -2.34. The van der Waals surface area contributed by atoms with E-state index in [0.29, 0.717) is 0 Å². The van der Waals surface area contributed by atoms with Crippen molar-refractivity contribution >= 4 is 0 Å². The maximum Gasteiger partial charge on any atom is 0.0756 e. The minimum atomic E-state index is -0.426. The molecule has 1 aliphatic rings. The topological polar surface area (TPSA) is 40.5 Å². The minimum Gasteiger partial charge on any atom is -0.389 e. The third-order valence-corrected chi connectivity index (χ3v) is 4.73. The van der Waals surface area contributed by atoms with Crippen molar-refractivity contribution in [3.8, 4) is 0 Å². The predicted octanol–water partition coefficient (Wildman–Crippen LogP) is 4.39. The highest BCUT2D eigenvalue weighted by atomic mass is 16.3. The molecule has 0 radical (unpaired) electrons. The summed E-state index contributed by atoms with van der Waals surface area (Å²) in [6.07, 6.45) is 12.3. The second-order valence-electron chi connectivity index (χ2n) is 6.33. The van der Waals surface area contributed by atoms with Gasteiger partial charge in [0.05, 0.1) is 12.2 Å². The SMILES string of the molecule is CC/C(C)=C/CC/C(C)=C/CC1C(O)C=CC(O)[C@@H]1CC. The van der Waals surface area contributed by atoms with E-state index in [1.807, 2.05) is 0 Å². The van der Waals surface area contributed by atoms with Crippen molar-refractivity contribution in [3.05, 3.63) is 35.5 Å². The van der Waals surface area contributed by atoms with Crippen LogP contribution in [0.4, 0.5) is 0 Å². The Hall–Kier alpha value is -0.860. The van der Waals surface area contributed by atoms with Gasteiger partial charge in [0.25, 0.3) is 0 Å². The molecule has 0 heterocycles. The first kappa shape index (κ1) is 18.2. The van der Waals surface area contributed by atoms with Gasteiger partial charge in [0.1, 0.15) is 0 Å². The molecule has 0 saturated carbocycles. The van der Waals surface area contributed by atoms with Crippen molar-refractivity contribution in [2.45, 2.75) is 72.0 Å². The van der Waals surface area contributed by atoms with Crippen molar-refractivity contribution in [1.29, 1.82) is 0 Å². The zero-order valence-corrected chi connectivity index (χ0v) is 14.0. The number of rotatable bonds is 7. The van der Waals surface area contributed by atoms with Gasteiger partial charge < -0.3 is 10.2 Å². The van der Waals surface area contributed by atoms with Crippen LogP contribution in [-0.4, -0.2) is 22.4 Å². The molecule has 3 unspecified atom stereocenters. The molecule has 2 N–H and O–H groups in total. The molecular weight excluding hydrogens is 260 g/mol. The van der Waals surface area contributed by atoms with Crippen molar-refractivity contribution in [2.24, 2.45) is 11.8 Å². The van der Waals surface area contributed by atoms with Crippen LogP contribution in [0, 0.1) is 11.8 Å². The Kier molecular flexibility index (Phi) is 7.98. The van der Waals surface area contributed by atoms with Gasteiger partial charge in [-0.25, -0.2) is 0 Å². The standard InChI is InChI=1S/C19H32O2/c1-5-14(3)8-7-9-15(4)10-11-17-16(6-2)18(20)12-13-19(17)21/h8,10,12-13,16-21H,5-7,9,11H2,1-4H3/b14-8+,15-10+/t16-,17?,18?,19?/m1/s1. The monoisotopic (exact) mass is 292 g/mol. The number of hydrogen-bond donors (Lipinski definition) is 2. The van der Waals surface area contributed by atoms with Crippen molar-refractivity contribution in [3.63, 3.8) is 0 Å². The molecule has 1 aliphatic carbocycles. The fourth-order valence-electron chi connectivity index (χ4n) is 3.01. The van der Waals surface area contributed by atoms with Gasteiger partial charge in [-0.15, -0.1) is 0 Å². The second kappa shape index (κ2) is 9.22. The Morgan fingerprint density at radius 2 is 1.57 bits per heavy atom. The molecule has 2 heteroatoms. The first-order valence-electron chi connectivity index (χ1n) is 8.35. The van der Waals surface area contributed by atoms with Crippen LogP contribution in [0.5, 0.6) is 0 Å². The average molecular weight is 292 g/mol. The van der Waals surface area contributed by atoms with Crippen LogP contribution in [0.25, 0.3) is 0 Å². The van der Waals surface area contributed by atoms with Crippen LogP contribution in [-0.2, 0) is 0 Å². The van der Waals surface area contributed by atoms with Gasteiger partial charge in [0.2, 0.25) is 0 Å². The molecule has 0 aliphatic heterocycles. The third-order valence-electron chi connectivity index (χ3n) is 4.73. The second-order valence-corrected chi connectivity index (χ2v) is 6.33. The zero-order valence-electron chi connectivity index (χ0n) is 14.0. The van der Waals surface area contributed by atoms with Crippen molar-refractivity contribution < 1.29 is 10.2 Å². The summed E-state index contributed by atoms with van der Waals surface area (Å²) in [6, 6.07) is 0. The molecule has 0 aromatic heterocycles. The first-order chi connectivity index (χ1) is 9.99. The minimum absolute atomic E-state index is 0.137. The molecule has 0 aromatic carbocycles. The Morgan fingerprint density at radius 1 is 0.952 bits per heavy atom. The van der Waals surface area contributed by atoms with Gasteiger partial charge in [-0.3, -0.25) is 0 Å². The molecule has 0 saturated heterocycles. The largest absolute Gasteiger partial charge is 0.389 e. The van der Waals surface area contributed by atoms with Gasteiger partial charge in [0.15, 0.2) is 0 Å². The summed E-state index contributed by atoms with van der Waals surface area (Å²) < 4.78 is 0. The zero-order chi connectivity index (χ0) is 15.8. The molecule has 120 valence electrons. The quantitative estimate of drug-likeness (QED) is 0.683. The van der Waals surface area contributed by atoms with Crippen LogP contribution >= 0.6 is 0 Å². The molecule has 0 amide bonds. The van der Waals surface area contributed by atoms with Gasteiger partial charge in [-0.2, -0.15) is 0 Å². The van der Waals surface area contributed by atoms with Crippen LogP contribution in [0.3, 0.4) is 0 Å². The van der Waals surface area contributed by atoms with E-state index in [2.05, 4.69) is 39.8 Å². The van der Waals surface area contributed by atoms with Gasteiger partial charge >= 0.3 is 0 Å². The normalized spacial score (nSPS) is 30.8. The Labute approximate surface area is 130 Å². The van der Waals surface area contributed by atoms with Gasteiger partial charge in [-0.05, 0) is 51.4 Å². The Bertz CT molecular complexity index is 392. The van der Waals surface area contributed by atoms with E-state index >= 15 is 0 Å². The molecule has 21 heavy (non-hydrogen) atoms. The molecule has 0 bridgehead atoms. The fourth-order valence-corrected chi connectivity index (χ4v) is 3.01. The first-order valence-corrected chi connectivity index (χ1v) is 8.35. The van der Waals surface area contributed by atoms with Crippen LogP contribution in [0.15, 0.2) is 35.5 Å². The number of aliphatic hydroxyl groups is 2. The van der Waals surface area contributed by atoms with Crippen LogP contribution in [0.2, 0.25) is 0 Å². The van der Waals surface area contributed by atoms with E-state index < -0.39 is 12.2 Å². The maximum atomic E-state index is 10.1. The van der Waals surface area contributed by atoms with Gasteiger partial charge in [-0.1, -0.05) is 55.7 Å². The van der Waals surface area contributed by atoms with E-state index in [0.717, 1.165) is 32.1 Å². The van der Waals surface area contributed by atoms with E-state index in [9.17, 15) is 10.2 Å². The number of aliphatic hydroxyl groups excluding tert-OH is 2. The summed E-state index contributed by atoms with van der Waals surface area (Å²) in [6.45, 7) is 8.61. The fraction of sp³-hybridized carbons (Fsp3) is 0.684. The van der Waals surface area contributed by atoms with E-state index in [1.54, 1.807) is 12.2 Å². The highest BCUT2D eigenvalue weighted by Crippen LogP contribution is 2.32.